The van der Waals surface area contributed by atoms with E-state index in [9.17, 15) is 4.79 Å². The van der Waals surface area contributed by atoms with Gasteiger partial charge in [-0.05, 0) is 30.7 Å². The van der Waals surface area contributed by atoms with Gasteiger partial charge in [0.2, 0.25) is 5.91 Å². The molecule has 0 aromatic heterocycles. The molecule has 1 amide bonds. The number of carbonyl (C=O) groups excluding carboxylic acids is 1. The molecule has 0 bridgehead atoms. The minimum absolute atomic E-state index is 0.0101. The Morgan fingerprint density at radius 2 is 2.16 bits per heavy atom. The van der Waals surface area contributed by atoms with Crippen LogP contribution in [-0.4, -0.2) is 24.7 Å². The average Bonchev–Trinajstić information content (AvgIpc) is 2.76. The number of para-hydroxylation sites is 1. The number of rotatable bonds is 3. The van der Waals surface area contributed by atoms with Crippen molar-refractivity contribution in [3.8, 4) is 17.2 Å². The lowest BCUT2D eigenvalue weighted by molar-refractivity contribution is -0.116. The topological polar surface area (TPSA) is 101 Å². The van der Waals surface area contributed by atoms with Crippen LogP contribution in [0.4, 0.5) is 17.1 Å². The van der Waals surface area contributed by atoms with E-state index in [-0.39, 0.29) is 17.7 Å². The van der Waals surface area contributed by atoms with Crippen molar-refractivity contribution < 1.29 is 4.79 Å². The summed E-state index contributed by atoms with van der Waals surface area (Å²) in [6.45, 7) is 1.96. The average molecular weight is 333 g/mol. The van der Waals surface area contributed by atoms with E-state index in [4.69, 9.17) is 10.7 Å². The van der Waals surface area contributed by atoms with Crippen LogP contribution in [0.5, 0.6) is 0 Å². The van der Waals surface area contributed by atoms with E-state index in [0.717, 1.165) is 28.2 Å². The fraction of sp³-hybridized carbons (Fsp3) is 0.211. The minimum atomic E-state index is -0.0946. The van der Waals surface area contributed by atoms with Gasteiger partial charge in [-0.25, -0.2) is 0 Å². The number of nitrogens with zero attached hydrogens (tertiary/aromatic N) is 1. The summed E-state index contributed by atoms with van der Waals surface area (Å²) < 4.78 is 0. The summed E-state index contributed by atoms with van der Waals surface area (Å²) in [5, 5.41) is 26.3. The molecular weight excluding hydrogens is 314 g/mol. The SMILES string of the molecule is CNc1ccc(-c2cccc3c2N[C@H](C)CC(=O)N3)cc1C(=N)C#N. The van der Waals surface area contributed by atoms with E-state index in [2.05, 4.69) is 16.0 Å². The first-order chi connectivity index (χ1) is 12.0. The van der Waals surface area contributed by atoms with E-state index < -0.39 is 0 Å². The highest BCUT2D eigenvalue weighted by Crippen LogP contribution is 2.37. The monoisotopic (exact) mass is 333 g/mol. The molecule has 6 nitrogen and oxygen atoms in total. The van der Waals surface area contributed by atoms with Crippen LogP contribution >= 0.6 is 0 Å². The Hall–Kier alpha value is -3.33. The third kappa shape index (κ3) is 3.17. The second-order valence-corrected chi connectivity index (χ2v) is 6.02. The van der Waals surface area contributed by atoms with E-state index in [1.807, 2.05) is 49.4 Å². The van der Waals surface area contributed by atoms with Crippen molar-refractivity contribution in [3.05, 3.63) is 42.0 Å². The zero-order valence-electron chi connectivity index (χ0n) is 14.1. The quantitative estimate of drug-likeness (QED) is 0.646. The fourth-order valence-electron chi connectivity index (χ4n) is 3.03. The molecule has 2 aromatic rings. The standard InChI is InChI=1S/C19H19N5O/c1-11-8-18(25)24-17-5-3-4-13(19(17)23-11)12-6-7-16(22-2)14(9-12)15(21)10-20/h3-7,9,11,21-23H,8H2,1-2H3,(H,24,25)/t11-/m1/s1. The number of nitrogens with one attached hydrogen (secondary N) is 4. The van der Waals surface area contributed by atoms with Crippen LogP contribution in [0.15, 0.2) is 36.4 Å². The van der Waals surface area contributed by atoms with Crippen LogP contribution in [0.2, 0.25) is 0 Å². The summed E-state index contributed by atoms with van der Waals surface area (Å²) in [6, 6.07) is 13.2. The maximum atomic E-state index is 11.9. The smallest absolute Gasteiger partial charge is 0.226 e. The summed E-state index contributed by atoms with van der Waals surface area (Å²) in [7, 11) is 1.76. The third-order valence-electron chi connectivity index (χ3n) is 4.20. The normalized spacial score (nSPS) is 15.9. The predicted octanol–water partition coefficient (Wildman–Crippen LogP) is 3.43. The van der Waals surface area contributed by atoms with Gasteiger partial charge in [-0.1, -0.05) is 18.2 Å². The molecule has 0 aliphatic carbocycles. The maximum absolute atomic E-state index is 11.9. The molecule has 0 radical (unpaired) electrons. The number of anilines is 3. The first kappa shape index (κ1) is 16.5. The van der Waals surface area contributed by atoms with Gasteiger partial charge in [0, 0.05) is 36.3 Å². The summed E-state index contributed by atoms with van der Waals surface area (Å²) in [4.78, 5) is 11.9. The summed E-state index contributed by atoms with van der Waals surface area (Å²) in [5.74, 6) is -0.0200. The first-order valence-corrected chi connectivity index (χ1v) is 8.04. The summed E-state index contributed by atoms with van der Waals surface area (Å²) in [5.41, 5.74) is 4.57. The molecular formula is C19H19N5O. The molecule has 3 rings (SSSR count). The lowest BCUT2D eigenvalue weighted by atomic mass is 9.97. The molecule has 0 spiro atoms. The van der Waals surface area contributed by atoms with Crippen molar-refractivity contribution in [3.63, 3.8) is 0 Å². The van der Waals surface area contributed by atoms with Crippen molar-refractivity contribution in [2.24, 2.45) is 0 Å². The Bertz CT molecular complexity index is 897. The Balaban J connectivity index is 2.15. The van der Waals surface area contributed by atoms with Crippen molar-refractivity contribution in [2.45, 2.75) is 19.4 Å². The Morgan fingerprint density at radius 3 is 2.88 bits per heavy atom. The van der Waals surface area contributed by atoms with Gasteiger partial charge in [0.15, 0.2) is 0 Å². The zero-order valence-corrected chi connectivity index (χ0v) is 14.1. The number of amides is 1. The predicted molar refractivity (Wildman–Crippen MR) is 100 cm³/mol. The van der Waals surface area contributed by atoms with Gasteiger partial charge in [-0.3, -0.25) is 10.2 Å². The van der Waals surface area contributed by atoms with Crippen molar-refractivity contribution >= 4 is 28.7 Å². The number of nitriles is 1. The van der Waals surface area contributed by atoms with Crippen molar-refractivity contribution in [1.82, 2.24) is 0 Å². The van der Waals surface area contributed by atoms with Crippen LogP contribution in [0, 0.1) is 16.7 Å². The Kier molecular flexibility index (Phi) is 4.40. The van der Waals surface area contributed by atoms with Gasteiger partial charge >= 0.3 is 0 Å². The molecule has 0 saturated heterocycles. The van der Waals surface area contributed by atoms with E-state index in [0.29, 0.717) is 12.0 Å². The van der Waals surface area contributed by atoms with Crippen LogP contribution in [0.1, 0.15) is 18.9 Å². The number of hydrogen-bond acceptors (Lipinski definition) is 5. The largest absolute Gasteiger partial charge is 0.388 e. The molecule has 6 heteroatoms. The highest BCUT2D eigenvalue weighted by atomic mass is 16.1. The zero-order chi connectivity index (χ0) is 18.0. The number of benzene rings is 2. The molecule has 126 valence electrons. The molecule has 0 unspecified atom stereocenters. The molecule has 0 saturated carbocycles. The molecule has 1 aliphatic rings. The molecule has 1 atom stereocenters. The highest BCUT2D eigenvalue weighted by molar-refractivity contribution is 6.13. The number of hydrogen-bond donors (Lipinski definition) is 4. The summed E-state index contributed by atoms with van der Waals surface area (Å²) >= 11 is 0. The first-order valence-electron chi connectivity index (χ1n) is 8.04. The molecule has 4 N–H and O–H groups in total. The molecule has 2 aromatic carbocycles. The van der Waals surface area contributed by atoms with Crippen LogP contribution in [0.25, 0.3) is 11.1 Å². The van der Waals surface area contributed by atoms with E-state index >= 15 is 0 Å². The van der Waals surface area contributed by atoms with Crippen LogP contribution in [0.3, 0.4) is 0 Å². The third-order valence-corrected chi connectivity index (χ3v) is 4.20. The summed E-state index contributed by atoms with van der Waals surface area (Å²) in [6.07, 6.45) is 0.400. The van der Waals surface area contributed by atoms with Gasteiger partial charge in [-0.2, -0.15) is 5.26 Å². The van der Waals surface area contributed by atoms with Crippen molar-refractivity contribution in [1.29, 1.82) is 10.7 Å². The fourth-order valence-corrected chi connectivity index (χ4v) is 3.03. The van der Waals surface area contributed by atoms with E-state index in [1.54, 1.807) is 7.05 Å². The molecule has 0 fully saturated rings. The van der Waals surface area contributed by atoms with Gasteiger partial charge in [0.1, 0.15) is 11.8 Å². The van der Waals surface area contributed by atoms with Gasteiger partial charge in [0.05, 0.1) is 11.4 Å². The Morgan fingerprint density at radius 1 is 1.36 bits per heavy atom. The maximum Gasteiger partial charge on any atom is 0.226 e. The Labute approximate surface area is 146 Å². The second-order valence-electron chi connectivity index (χ2n) is 6.02. The number of fused-ring (bicyclic) bond motifs is 1. The van der Waals surface area contributed by atoms with Gasteiger partial charge in [0.25, 0.3) is 0 Å². The number of carbonyl (C=O) groups is 1. The van der Waals surface area contributed by atoms with Gasteiger partial charge in [-0.15, -0.1) is 0 Å². The molecule has 1 heterocycles. The lowest BCUT2D eigenvalue weighted by Crippen LogP contribution is -2.19. The lowest BCUT2D eigenvalue weighted by Gasteiger charge is -2.17. The molecule has 25 heavy (non-hydrogen) atoms. The molecule has 1 aliphatic heterocycles. The minimum Gasteiger partial charge on any atom is -0.388 e. The highest BCUT2D eigenvalue weighted by Gasteiger charge is 2.21. The van der Waals surface area contributed by atoms with Crippen molar-refractivity contribution in [2.75, 3.05) is 23.0 Å². The van der Waals surface area contributed by atoms with Crippen LogP contribution in [-0.2, 0) is 4.79 Å². The van der Waals surface area contributed by atoms with Crippen LogP contribution < -0.4 is 16.0 Å². The van der Waals surface area contributed by atoms with E-state index in [1.165, 1.54) is 0 Å². The van der Waals surface area contributed by atoms with Gasteiger partial charge < -0.3 is 16.0 Å². The second kappa shape index (κ2) is 6.65.